The summed E-state index contributed by atoms with van der Waals surface area (Å²) in [4.78, 5) is 26.9. The first-order chi connectivity index (χ1) is 11.8. The molecule has 0 atom stereocenters. The van der Waals surface area contributed by atoms with Crippen molar-refractivity contribution in [2.45, 2.75) is 52.2 Å². The molecule has 0 unspecified atom stereocenters. The molecule has 7 nitrogen and oxygen atoms in total. The van der Waals surface area contributed by atoms with Crippen molar-refractivity contribution in [2.24, 2.45) is 9.98 Å². The monoisotopic (exact) mass is 345 g/mol. The average molecular weight is 345 g/mol. The van der Waals surface area contributed by atoms with Crippen LogP contribution in [0.15, 0.2) is 22.2 Å². The number of aromatic nitrogens is 1. The lowest BCUT2D eigenvalue weighted by Crippen LogP contribution is -2.46. The minimum atomic E-state index is -0.487. The van der Waals surface area contributed by atoms with Gasteiger partial charge in [-0.2, -0.15) is 0 Å². The topological polar surface area (TPSA) is 79.2 Å². The Bertz CT molecular complexity index is 643. The Kier molecular flexibility index (Phi) is 6.12. The highest BCUT2D eigenvalue weighted by Gasteiger charge is 2.25. The third kappa shape index (κ3) is 5.27. The molecule has 0 bridgehead atoms. The number of alkyl carbamates (subject to hydrolysis) is 1. The van der Waals surface area contributed by atoms with E-state index in [4.69, 9.17) is 4.74 Å². The van der Waals surface area contributed by atoms with Gasteiger partial charge in [0.1, 0.15) is 11.3 Å². The molecule has 1 aliphatic rings. The van der Waals surface area contributed by atoms with Gasteiger partial charge in [0.2, 0.25) is 0 Å². The number of rotatable bonds is 4. The van der Waals surface area contributed by atoms with Gasteiger partial charge in [-0.1, -0.05) is 0 Å². The van der Waals surface area contributed by atoms with Crippen molar-refractivity contribution in [3.8, 4) is 0 Å². The summed E-state index contributed by atoms with van der Waals surface area (Å²) in [7, 11) is 0. The summed E-state index contributed by atoms with van der Waals surface area (Å²) in [6.45, 7) is 12.6. The molecule has 0 saturated carbocycles. The third-order valence-corrected chi connectivity index (χ3v) is 3.83. The molecule has 1 aromatic heterocycles. The van der Waals surface area contributed by atoms with Gasteiger partial charge in [0.15, 0.2) is 5.82 Å². The predicted octanol–water partition coefficient (Wildman–Crippen LogP) is 3.63. The zero-order valence-electron chi connectivity index (χ0n) is 15.5. The van der Waals surface area contributed by atoms with Crippen LogP contribution < -0.4 is 10.2 Å². The number of pyridine rings is 1. The molecule has 1 aromatic rings. The summed E-state index contributed by atoms with van der Waals surface area (Å²) in [6, 6.07) is 1.92. The molecular formula is C18H27N5O2. The molecule has 7 heteroatoms. The van der Waals surface area contributed by atoms with Gasteiger partial charge in [-0.25, -0.2) is 9.78 Å². The van der Waals surface area contributed by atoms with Crippen LogP contribution in [0.1, 0.15) is 40.5 Å². The largest absolute Gasteiger partial charge is 0.444 e. The second kappa shape index (κ2) is 8.09. The maximum Gasteiger partial charge on any atom is 0.407 e. The first-order valence-electron chi connectivity index (χ1n) is 8.53. The molecule has 2 rings (SSSR count). The maximum absolute atomic E-state index is 11.9. The number of hydrogen-bond acceptors (Lipinski definition) is 6. The number of hydrogen-bond donors (Lipinski definition) is 1. The fraction of sp³-hybridized carbons (Fsp3) is 0.556. The maximum atomic E-state index is 11.9. The third-order valence-electron chi connectivity index (χ3n) is 3.83. The summed E-state index contributed by atoms with van der Waals surface area (Å²) in [5.74, 6) is 0.786. The molecule has 1 amide bonds. The summed E-state index contributed by atoms with van der Waals surface area (Å²) < 4.78 is 5.32. The quantitative estimate of drug-likeness (QED) is 0.845. The Morgan fingerprint density at radius 1 is 1.44 bits per heavy atom. The fourth-order valence-corrected chi connectivity index (χ4v) is 2.77. The number of nitrogens with zero attached hydrogens (tertiary/aromatic N) is 4. The number of aliphatic imine (C=N–C) groups is 2. The zero-order valence-corrected chi connectivity index (χ0v) is 15.5. The molecule has 1 N–H and O–H groups in total. The Labute approximate surface area is 149 Å². The van der Waals surface area contributed by atoms with Crippen LogP contribution in [0.2, 0.25) is 0 Å². The number of piperidine rings is 1. The Hall–Kier alpha value is -2.44. The summed E-state index contributed by atoms with van der Waals surface area (Å²) in [6.07, 6.45) is 4.73. The van der Waals surface area contributed by atoms with Gasteiger partial charge in [0.05, 0.1) is 5.69 Å². The molecule has 0 radical (unpaired) electrons. The molecule has 0 spiro atoms. The van der Waals surface area contributed by atoms with Crippen LogP contribution in [-0.2, 0) is 4.74 Å². The average Bonchev–Trinajstić information content (AvgIpc) is 2.54. The van der Waals surface area contributed by atoms with Crippen molar-refractivity contribution in [2.75, 3.05) is 18.0 Å². The van der Waals surface area contributed by atoms with E-state index in [-0.39, 0.29) is 12.1 Å². The molecule has 2 heterocycles. The second-order valence-electron chi connectivity index (χ2n) is 6.96. The van der Waals surface area contributed by atoms with Crippen LogP contribution in [0.3, 0.4) is 0 Å². The smallest absolute Gasteiger partial charge is 0.407 e. The summed E-state index contributed by atoms with van der Waals surface area (Å²) >= 11 is 0. The van der Waals surface area contributed by atoms with E-state index in [1.165, 1.54) is 0 Å². The lowest BCUT2D eigenvalue weighted by molar-refractivity contribution is 0.0497. The first kappa shape index (κ1) is 18.9. The molecule has 1 fully saturated rings. The van der Waals surface area contributed by atoms with E-state index in [1.54, 1.807) is 12.4 Å². The van der Waals surface area contributed by atoms with Crippen molar-refractivity contribution in [1.29, 1.82) is 0 Å². The van der Waals surface area contributed by atoms with Crippen LogP contribution in [0.5, 0.6) is 0 Å². The lowest BCUT2D eigenvalue weighted by atomic mass is 10.0. The summed E-state index contributed by atoms with van der Waals surface area (Å²) in [5.41, 5.74) is 0.968. The highest BCUT2D eigenvalue weighted by atomic mass is 16.6. The van der Waals surface area contributed by atoms with Crippen LogP contribution in [0.25, 0.3) is 0 Å². The van der Waals surface area contributed by atoms with Gasteiger partial charge in [0, 0.05) is 31.5 Å². The SMILES string of the molecule is C=Nc1c(/N=C\C)ccnc1N1CCC(NC(=O)OC(C)(C)C)CC1. The lowest BCUT2D eigenvalue weighted by Gasteiger charge is -2.34. The van der Waals surface area contributed by atoms with E-state index in [9.17, 15) is 4.79 Å². The molecule has 1 aliphatic heterocycles. The van der Waals surface area contributed by atoms with E-state index in [0.29, 0.717) is 5.69 Å². The van der Waals surface area contributed by atoms with Gasteiger partial charge in [-0.15, -0.1) is 0 Å². The molecule has 25 heavy (non-hydrogen) atoms. The van der Waals surface area contributed by atoms with Crippen molar-refractivity contribution in [1.82, 2.24) is 10.3 Å². The number of carbonyl (C=O) groups is 1. The van der Waals surface area contributed by atoms with E-state index in [1.807, 2.05) is 33.8 Å². The number of carbonyl (C=O) groups excluding carboxylic acids is 1. The predicted molar refractivity (Wildman–Crippen MR) is 102 cm³/mol. The molecule has 0 aliphatic carbocycles. The van der Waals surface area contributed by atoms with Crippen LogP contribution >= 0.6 is 0 Å². The molecular weight excluding hydrogens is 318 g/mol. The first-order valence-corrected chi connectivity index (χ1v) is 8.53. The van der Waals surface area contributed by atoms with Crippen molar-refractivity contribution < 1.29 is 9.53 Å². The van der Waals surface area contributed by atoms with Crippen molar-refractivity contribution >= 4 is 36.2 Å². The van der Waals surface area contributed by atoms with Crippen LogP contribution in [0.4, 0.5) is 22.0 Å². The van der Waals surface area contributed by atoms with E-state index in [0.717, 1.165) is 37.4 Å². The highest BCUT2D eigenvalue weighted by molar-refractivity contribution is 5.79. The van der Waals surface area contributed by atoms with Gasteiger partial charge in [0.25, 0.3) is 0 Å². The minimum absolute atomic E-state index is 0.100. The van der Waals surface area contributed by atoms with E-state index >= 15 is 0 Å². The van der Waals surface area contributed by atoms with Crippen molar-refractivity contribution in [3.05, 3.63) is 12.3 Å². The Morgan fingerprint density at radius 3 is 2.68 bits per heavy atom. The van der Waals surface area contributed by atoms with Gasteiger partial charge < -0.3 is 15.0 Å². The normalized spacial score (nSPS) is 16.1. The fourth-order valence-electron chi connectivity index (χ4n) is 2.77. The summed E-state index contributed by atoms with van der Waals surface area (Å²) in [5, 5.41) is 2.94. The number of amides is 1. The molecule has 1 saturated heterocycles. The number of nitrogens with one attached hydrogen (secondary N) is 1. The Morgan fingerprint density at radius 2 is 2.12 bits per heavy atom. The number of anilines is 1. The van der Waals surface area contributed by atoms with Crippen molar-refractivity contribution in [3.63, 3.8) is 0 Å². The number of ether oxygens (including phenoxy) is 1. The highest BCUT2D eigenvalue weighted by Crippen LogP contribution is 2.36. The van der Waals surface area contributed by atoms with E-state index in [2.05, 4.69) is 31.9 Å². The van der Waals surface area contributed by atoms with E-state index < -0.39 is 5.60 Å². The standard InChI is InChI=1S/C18H27N5O2/c1-6-20-14-7-10-21-16(15(14)19-5)23-11-8-13(9-12-23)22-17(24)25-18(2,3)4/h6-7,10,13H,5,8-9,11-12H2,1-4H3,(H,22,24)/b20-6-. The van der Waals surface area contributed by atoms with Crippen LogP contribution in [0, 0.1) is 0 Å². The minimum Gasteiger partial charge on any atom is -0.444 e. The van der Waals surface area contributed by atoms with Gasteiger partial charge in [-0.3, -0.25) is 9.98 Å². The second-order valence-corrected chi connectivity index (χ2v) is 6.96. The van der Waals surface area contributed by atoms with Gasteiger partial charge >= 0.3 is 6.09 Å². The van der Waals surface area contributed by atoms with Gasteiger partial charge in [-0.05, 0) is 53.3 Å². The van der Waals surface area contributed by atoms with Crippen LogP contribution in [-0.4, -0.2) is 48.7 Å². The molecule has 0 aromatic carbocycles. The zero-order chi connectivity index (χ0) is 18.4. The Balaban J connectivity index is 2.00. The molecule has 136 valence electrons.